The van der Waals surface area contributed by atoms with Crippen LogP contribution in [0.3, 0.4) is 0 Å². The molecule has 3 unspecified atom stereocenters. The Hall–Kier alpha value is -2.04. The second kappa shape index (κ2) is 7.11. The monoisotopic (exact) mass is 291 g/mol. The third-order valence-electron chi connectivity index (χ3n) is 3.80. The normalized spacial score (nSPS) is 23.1. The van der Waals surface area contributed by atoms with E-state index < -0.39 is 12.1 Å². The largest absolute Gasteiger partial charge is 0.481 e. The number of carbonyl (C=O) groups is 2. The minimum Gasteiger partial charge on any atom is -0.481 e. The van der Waals surface area contributed by atoms with Crippen LogP contribution in [-0.4, -0.2) is 29.1 Å². The van der Waals surface area contributed by atoms with Crippen LogP contribution < -0.4 is 10.1 Å². The van der Waals surface area contributed by atoms with Gasteiger partial charge >= 0.3 is 5.97 Å². The van der Waals surface area contributed by atoms with Crippen LogP contribution in [0.15, 0.2) is 30.3 Å². The predicted octanol–water partition coefficient (Wildman–Crippen LogP) is 2.21. The molecule has 2 rings (SSSR count). The molecule has 5 heteroatoms. The van der Waals surface area contributed by atoms with Gasteiger partial charge in [-0.2, -0.15) is 0 Å². The molecule has 3 atom stereocenters. The molecule has 5 nitrogen and oxygen atoms in total. The Morgan fingerprint density at radius 2 is 2.00 bits per heavy atom. The van der Waals surface area contributed by atoms with E-state index in [4.69, 9.17) is 9.84 Å². The fourth-order valence-corrected chi connectivity index (χ4v) is 2.62. The van der Waals surface area contributed by atoms with Gasteiger partial charge in [-0.25, -0.2) is 0 Å². The van der Waals surface area contributed by atoms with Gasteiger partial charge in [0.15, 0.2) is 6.10 Å². The summed E-state index contributed by atoms with van der Waals surface area (Å²) >= 11 is 0. The first-order chi connectivity index (χ1) is 10.1. The molecule has 0 spiro atoms. The molecule has 0 heterocycles. The quantitative estimate of drug-likeness (QED) is 0.872. The lowest BCUT2D eigenvalue weighted by Gasteiger charge is -2.28. The molecular formula is C16H21NO4. The van der Waals surface area contributed by atoms with Gasteiger partial charge in [-0.05, 0) is 38.3 Å². The summed E-state index contributed by atoms with van der Waals surface area (Å²) in [6.07, 6.45) is 2.25. The van der Waals surface area contributed by atoms with E-state index in [0.29, 0.717) is 18.6 Å². The Kier molecular flexibility index (Phi) is 5.20. The molecule has 2 N–H and O–H groups in total. The van der Waals surface area contributed by atoms with Crippen molar-refractivity contribution in [1.82, 2.24) is 5.32 Å². The van der Waals surface area contributed by atoms with Crippen molar-refractivity contribution in [1.29, 1.82) is 0 Å². The van der Waals surface area contributed by atoms with Crippen molar-refractivity contribution in [3.8, 4) is 5.75 Å². The zero-order valence-electron chi connectivity index (χ0n) is 12.1. The maximum Gasteiger partial charge on any atom is 0.306 e. The summed E-state index contributed by atoms with van der Waals surface area (Å²) < 4.78 is 5.56. The Bertz CT molecular complexity index is 488. The first-order valence-corrected chi connectivity index (χ1v) is 7.31. The van der Waals surface area contributed by atoms with Crippen LogP contribution >= 0.6 is 0 Å². The maximum atomic E-state index is 12.1. The van der Waals surface area contributed by atoms with Gasteiger partial charge < -0.3 is 15.2 Å². The van der Waals surface area contributed by atoms with Crippen molar-refractivity contribution >= 4 is 11.9 Å². The topological polar surface area (TPSA) is 75.6 Å². The highest BCUT2D eigenvalue weighted by molar-refractivity contribution is 5.81. The maximum absolute atomic E-state index is 12.1. The van der Waals surface area contributed by atoms with E-state index in [1.165, 1.54) is 0 Å². The third-order valence-corrected chi connectivity index (χ3v) is 3.80. The summed E-state index contributed by atoms with van der Waals surface area (Å²) in [5.74, 6) is -0.681. The number of rotatable bonds is 5. The zero-order valence-corrected chi connectivity index (χ0v) is 12.1. The molecule has 0 radical (unpaired) electrons. The molecule has 21 heavy (non-hydrogen) atoms. The fourth-order valence-electron chi connectivity index (χ4n) is 2.62. The highest BCUT2D eigenvalue weighted by Gasteiger charge is 2.29. The molecule has 1 saturated carbocycles. The Morgan fingerprint density at radius 1 is 1.29 bits per heavy atom. The second-order valence-corrected chi connectivity index (χ2v) is 5.48. The van der Waals surface area contributed by atoms with E-state index in [1.807, 2.05) is 18.2 Å². The molecule has 1 aliphatic rings. The zero-order chi connectivity index (χ0) is 15.2. The summed E-state index contributed by atoms with van der Waals surface area (Å²) in [6.45, 7) is 1.69. The number of amides is 1. The van der Waals surface area contributed by atoms with Crippen molar-refractivity contribution < 1.29 is 19.4 Å². The van der Waals surface area contributed by atoms with Crippen LogP contribution in [0.4, 0.5) is 0 Å². The average Bonchev–Trinajstić information content (AvgIpc) is 2.48. The van der Waals surface area contributed by atoms with Crippen LogP contribution in [-0.2, 0) is 9.59 Å². The lowest BCUT2D eigenvalue weighted by Crippen LogP contribution is -2.45. The number of carboxylic acids is 1. The van der Waals surface area contributed by atoms with E-state index in [1.54, 1.807) is 19.1 Å². The Morgan fingerprint density at radius 3 is 2.67 bits per heavy atom. The van der Waals surface area contributed by atoms with Gasteiger partial charge in [-0.1, -0.05) is 24.6 Å². The summed E-state index contributed by atoms with van der Waals surface area (Å²) in [7, 11) is 0. The molecule has 0 aromatic heterocycles. The molecule has 1 aromatic carbocycles. The number of benzene rings is 1. The number of para-hydroxylation sites is 1. The smallest absolute Gasteiger partial charge is 0.306 e. The van der Waals surface area contributed by atoms with Crippen LogP contribution in [0.5, 0.6) is 5.75 Å². The number of carboxylic acid groups (broad SMARTS) is 1. The summed E-state index contributed by atoms with van der Waals surface area (Å²) in [5.41, 5.74) is 0. The van der Waals surface area contributed by atoms with Gasteiger partial charge in [0, 0.05) is 6.04 Å². The SMILES string of the molecule is CC(Oc1ccccc1)C(=O)NC1CCCC(C(=O)O)C1. The molecular weight excluding hydrogens is 270 g/mol. The molecule has 1 fully saturated rings. The molecule has 0 saturated heterocycles. The molecule has 114 valence electrons. The van der Waals surface area contributed by atoms with Crippen LogP contribution in [0.2, 0.25) is 0 Å². The molecule has 1 amide bonds. The van der Waals surface area contributed by atoms with Crippen LogP contribution in [0.1, 0.15) is 32.6 Å². The summed E-state index contributed by atoms with van der Waals surface area (Å²) in [5, 5.41) is 12.0. The summed E-state index contributed by atoms with van der Waals surface area (Å²) in [4.78, 5) is 23.1. The highest BCUT2D eigenvalue weighted by atomic mass is 16.5. The summed E-state index contributed by atoms with van der Waals surface area (Å²) in [6, 6.07) is 9.09. The Balaban J connectivity index is 1.84. The number of carbonyl (C=O) groups excluding carboxylic acids is 1. The van der Waals surface area contributed by atoms with Crippen LogP contribution in [0, 0.1) is 5.92 Å². The number of hydrogen-bond acceptors (Lipinski definition) is 3. The van der Waals surface area contributed by atoms with E-state index in [-0.39, 0.29) is 17.9 Å². The number of ether oxygens (including phenoxy) is 1. The fraction of sp³-hybridized carbons (Fsp3) is 0.500. The van der Waals surface area contributed by atoms with Gasteiger partial charge in [0.1, 0.15) is 5.75 Å². The van der Waals surface area contributed by atoms with Gasteiger partial charge in [0.2, 0.25) is 0 Å². The number of nitrogens with one attached hydrogen (secondary N) is 1. The van der Waals surface area contributed by atoms with Gasteiger partial charge in [-0.3, -0.25) is 9.59 Å². The predicted molar refractivity (Wildman–Crippen MR) is 78.1 cm³/mol. The van der Waals surface area contributed by atoms with Crippen molar-refractivity contribution in [2.24, 2.45) is 5.92 Å². The van der Waals surface area contributed by atoms with E-state index >= 15 is 0 Å². The van der Waals surface area contributed by atoms with Crippen LogP contribution in [0.25, 0.3) is 0 Å². The first-order valence-electron chi connectivity index (χ1n) is 7.31. The number of hydrogen-bond donors (Lipinski definition) is 2. The van der Waals surface area contributed by atoms with Crippen molar-refractivity contribution in [2.75, 3.05) is 0 Å². The molecule has 0 bridgehead atoms. The number of aliphatic carboxylic acids is 1. The Labute approximate surface area is 124 Å². The first kappa shape index (κ1) is 15.4. The van der Waals surface area contributed by atoms with E-state index in [0.717, 1.165) is 12.8 Å². The van der Waals surface area contributed by atoms with Gasteiger partial charge in [-0.15, -0.1) is 0 Å². The standard InChI is InChI=1S/C16H21NO4/c1-11(21-14-8-3-2-4-9-14)15(18)17-13-7-5-6-12(10-13)16(19)20/h2-4,8-9,11-13H,5-7,10H2,1H3,(H,17,18)(H,19,20). The van der Waals surface area contributed by atoms with Gasteiger partial charge in [0.05, 0.1) is 5.92 Å². The average molecular weight is 291 g/mol. The molecule has 0 aliphatic heterocycles. The molecule has 1 aliphatic carbocycles. The lowest BCUT2D eigenvalue weighted by atomic mass is 9.86. The molecule has 1 aromatic rings. The van der Waals surface area contributed by atoms with Crippen molar-refractivity contribution in [3.05, 3.63) is 30.3 Å². The van der Waals surface area contributed by atoms with Gasteiger partial charge in [0.25, 0.3) is 5.91 Å². The second-order valence-electron chi connectivity index (χ2n) is 5.48. The lowest BCUT2D eigenvalue weighted by molar-refractivity contribution is -0.143. The highest BCUT2D eigenvalue weighted by Crippen LogP contribution is 2.24. The third kappa shape index (κ3) is 4.48. The van der Waals surface area contributed by atoms with E-state index in [2.05, 4.69) is 5.32 Å². The van der Waals surface area contributed by atoms with E-state index in [9.17, 15) is 9.59 Å². The minimum absolute atomic E-state index is 0.0748. The van der Waals surface area contributed by atoms with Crippen molar-refractivity contribution in [2.45, 2.75) is 44.8 Å². The van der Waals surface area contributed by atoms with Crippen molar-refractivity contribution in [3.63, 3.8) is 0 Å². The minimum atomic E-state index is -0.775.